The smallest absolute Gasteiger partial charge is 0.316 e. The number of carboxylic acids is 1. The van der Waals surface area contributed by atoms with Crippen LogP contribution in [0.3, 0.4) is 0 Å². The van der Waals surface area contributed by atoms with E-state index in [-0.39, 0.29) is 10.4 Å². The third kappa shape index (κ3) is 3.60. The molecule has 1 aliphatic heterocycles. The van der Waals surface area contributed by atoms with Gasteiger partial charge in [-0.05, 0) is 12.8 Å². The summed E-state index contributed by atoms with van der Waals surface area (Å²) in [5.41, 5.74) is 0. The Balaban J connectivity index is 2.25. The molecule has 0 aromatic heterocycles. The molecule has 0 saturated carbocycles. The van der Waals surface area contributed by atoms with Crippen LogP contribution in [0, 0.1) is 0 Å². The summed E-state index contributed by atoms with van der Waals surface area (Å²) < 4.78 is 0. The average Bonchev–Trinajstić information content (AvgIpc) is 2.48. The number of aliphatic carboxylic acids is 1. The van der Waals surface area contributed by atoms with Crippen LogP contribution in [0.15, 0.2) is 0 Å². The maximum atomic E-state index is 10.7. The maximum absolute atomic E-state index is 10.7. The lowest BCUT2D eigenvalue weighted by molar-refractivity contribution is -0.136. The van der Waals surface area contributed by atoms with E-state index >= 15 is 0 Å². The molecule has 13 heavy (non-hydrogen) atoms. The van der Waals surface area contributed by atoms with Crippen molar-refractivity contribution in [2.45, 2.75) is 30.3 Å². The van der Waals surface area contributed by atoms with Crippen molar-refractivity contribution in [3.05, 3.63) is 0 Å². The Bertz CT molecular complexity index is 217. The van der Waals surface area contributed by atoms with Gasteiger partial charge in [-0.25, -0.2) is 0 Å². The first-order valence-electron chi connectivity index (χ1n) is 4.11. The third-order valence-electron chi connectivity index (χ3n) is 1.86. The van der Waals surface area contributed by atoms with E-state index in [0.717, 1.165) is 18.6 Å². The number of rotatable bonds is 3. The molecule has 2 atom stereocenters. The van der Waals surface area contributed by atoms with Crippen LogP contribution in [0.5, 0.6) is 0 Å². The van der Waals surface area contributed by atoms with Crippen LogP contribution >= 0.6 is 23.5 Å². The first-order chi connectivity index (χ1) is 6.09. The standard InChI is InChI=1S/C8H12O3S2/c1-5(9)12-4-6-2-3-7(13-6)8(10)11/h6-7H,2-4H2,1H3,(H,10,11)/t6-,7+/m1/s1. The molecule has 0 aromatic carbocycles. The molecule has 1 N–H and O–H groups in total. The van der Waals surface area contributed by atoms with Gasteiger partial charge >= 0.3 is 5.97 Å². The monoisotopic (exact) mass is 220 g/mol. The van der Waals surface area contributed by atoms with E-state index in [9.17, 15) is 9.59 Å². The predicted octanol–water partition coefficient (Wildman–Crippen LogP) is 1.61. The highest BCUT2D eigenvalue weighted by molar-refractivity contribution is 8.14. The van der Waals surface area contributed by atoms with Gasteiger partial charge in [-0.2, -0.15) is 0 Å². The number of hydrogen-bond donors (Lipinski definition) is 1. The van der Waals surface area contributed by atoms with E-state index in [1.807, 2.05) is 0 Å². The predicted molar refractivity (Wildman–Crippen MR) is 55.2 cm³/mol. The number of carbonyl (C=O) groups excluding carboxylic acids is 1. The molecular formula is C8H12O3S2. The highest BCUT2D eigenvalue weighted by atomic mass is 32.2. The quantitative estimate of drug-likeness (QED) is 0.783. The van der Waals surface area contributed by atoms with Crippen LogP contribution in [-0.2, 0) is 9.59 Å². The second-order valence-corrected chi connectivity index (χ2v) is 5.67. The fourth-order valence-corrected chi connectivity index (χ4v) is 3.45. The van der Waals surface area contributed by atoms with E-state index < -0.39 is 5.97 Å². The van der Waals surface area contributed by atoms with Crippen molar-refractivity contribution in [2.75, 3.05) is 5.75 Å². The van der Waals surface area contributed by atoms with Crippen LogP contribution < -0.4 is 0 Å². The zero-order valence-electron chi connectivity index (χ0n) is 7.36. The van der Waals surface area contributed by atoms with Gasteiger partial charge in [0.05, 0.1) is 0 Å². The van der Waals surface area contributed by atoms with Gasteiger partial charge in [0, 0.05) is 17.9 Å². The SMILES string of the molecule is CC(=O)SC[C@H]1CC[C@@H](C(=O)O)S1. The van der Waals surface area contributed by atoms with E-state index in [1.54, 1.807) is 6.92 Å². The van der Waals surface area contributed by atoms with Crippen LogP contribution in [0.25, 0.3) is 0 Å². The Morgan fingerprint density at radius 3 is 2.69 bits per heavy atom. The molecule has 3 nitrogen and oxygen atoms in total. The van der Waals surface area contributed by atoms with Crippen molar-refractivity contribution >= 4 is 34.6 Å². The first-order valence-corrected chi connectivity index (χ1v) is 6.04. The summed E-state index contributed by atoms with van der Waals surface area (Å²) in [6.45, 7) is 1.54. The minimum atomic E-state index is -0.722. The molecule has 1 saturated heterocycles. The molecule has 5 heteroatoms. The molecular weight excluding hydrogens is 208 g/mol. The summed E-state index contributed by atoms with van der Waals surface area (Å²) in [5, 5.41) is 8.91. The van der Waals surface area contributed by atoms with Gasteiger partial charge in [-0.1, -0.05) is 11.8 Å². The second kappa shape index (κ2) is 4.91. The first kappa shape index (κ1) is 10.9. The lowest BCUT2D eigenvalue weighted by Crippen LogP contribution is -2.12. The summed E-state index contributed by atoms with van der Waals surface area (Å²) >= 11 is 2.78. The molecule has 0 radical (unpaired) electrons. The van der Waals surface area contributed by atoms with E-state index in [2.05, 4.69) is 0 Å². The number of thioether (sulfide) groups is 2. The fourth-order valence-electron chi connectivity index (χ4n) is 1.22. The number of hydrogen-bond acceptors (Lipinski definition) is 4. The molecule has 0 bridgehead atoms. The Morgan fingerprint density at radius 2 is 2.23 bits per heavy atom. The van der Waals surface area contributed by atoms with Crippen molar-refractivity contribution in [1.82, 2.24) is 0 Å². The van der Waals surface area contributed by atoms with Gasteiger partial charge in [-0.15, -0.1) is 11.8 Å². The molecule has 0 amide bonds. The van der Waals surface area contributed by atoms with Gasteiger partial charge in [-0.3, -0.25) is 9.59 Å². The molecule has 1 rings (SSSR count). The summed E-state index contributed by atoms with van der Waals surface area (Å²) in [6, 6.07) is 0. The van der Waals surface area contributed by atoms with Crippen molar-refractivity contribution in [2.24, 2.45) is 0 Å². The Morgan fingerprint density at radius 1 is 1.54 bits per heavy atom. The van der Waals surface area contributed by atoms with Crippen molar-refractivity contribution < 1.29 is 14.7 Å². The Hall–Kier alpha value is -0.160. The lowest BCUT2D eigenvalue weighted by atomic mass is 10.2. The van der Waals surface area contributed by atoms with Crippen LogP contribution in [0.1, 0.15) is 19.8 Å². The molecule has 0 aliphatic carbocycles. The topological polar surface area (TPSA) is 54.4 Å². The Labute approximate surface area is 85.7 Å². The minimum absolute atomic E-state index is 0.111. The highest BCUT2D eigenvalue weighted by Crippen LogP contribution is 2.35. The number of carbonyl (C=O) groups is 2. The lowest BCUT2D eigenvalue weighted by Gasteiger charge is -2.06. The summed E-state index contributed by atoms with van der Waals surface area (Å²) in [7, 11) is 0. The normalized spacial score (nSPS) is 27.5. The third-order valence-corrected chi connectivity index (χ3v) is 4.60. The van der Waals surface area contributed by atoms with E-state index in [1.165, 1.54) is 23.5 Å². The van der Waals surface area contributed by atoms with Gasteiger partial charge in [0.2, 0.25) is 0 Å². The van der Waals surface area contributed by atoms with Gasteiger partial charge < -0.3 is 5.11 Å². The molecule has 1 aliphatic rings. The van der Waals surface area contributed by atoms with Gasteiger partial charge in [0.25, 0.3) is 0 Å². The zero-order valence-corrected chi connectivity index (χ0v) is 8.99. The zero-order chi connectivity index (χ0) is 9.84. The second-order valence-electron chi connectivity index (χ2n) is 2.96. The van der Waals surface area contributed by atoms with Crippen molar-refractivity contribution in [1.29, 1.82) is 0 Å². The molecule has 0 unspecified atom stereocenters. The van der Waals surface area contributed by atoms with E-state index in [4.69, 9.17) is 5.11 Å². The molecule has 1 heterocycles. The minimum Gasteiger partial charge on any atom is -0.480 e. The van der Waals surface area contributed by atoms with Crippen LogP contribution in [0.2, 0.25) is 0 Å². The van der Waals surface area contributed by atoms with Crippen LogP contribution in [-0.4, -0.2) is 32.4 Å². The highest BCUT2D eigenvalue weighted by Gasteiger charge is 2.30. The summed E-state index contributed by atoms with van der Waals surface area (Å²) in [6.07, 6.45) is 1.66. The van der Waals surface area contributed by atoms with Crippen LogP contribution in [0.4, 0.5) is 0 Å². The van der Waals surface area contributed by atoms with Gasteiger partial charge in [0.15, 0.2) is 5.12 Å². The number of carboxylic acid groups (broad SMARTS) is 1. The molecule has 1 fully saturated rings. The molecule has 74 valence electrons. The summed E-state index contributed by atoms with van der Waals surface area (Å²) in [5.74, 6) is 0.0318. The largest absolute Gasteiger partial charge is 0.480 e. The van der Waals surface area contributed by atoms with Crippen molar-refractivity contribution in [3.63, 3.8) is 0 Å². The molecule has 0 spiro atoms. The maximum Gasteiger partial charge on any atom is 0.316 e. The fraction of sp³-hybridized carbons (Fsp3) is 0.750. The Kier molecular flexibility index (Phi) is 4.12. The average molecular weight is 220 g/mol. The van der Waals surface area contributed by atoms with Crippen molar-refractivity contribution in [3.8, 4) is 0 Å². The van der Waals surface area contributed by atoms with E-state index in [0.29, 0.717) is 5.25 Å². The van der Waals surface area contributed by atoms with Gasteiger partial charge in [0.1, 0.15) is 5.25 Å². The molecule has 0 aromatic rings. The summed E-state index contributed by atoms with van der Waals surface area (Å²) in [4.78, 5) is 21.2.